The van der Waals surface area contributed by atoms with Crippen LogP contribution in [0.15, 0.2) is 95.6 Å². The quantitative estimate of drug-likeness (QED) is 0.0512. The molecule has 1 fully saturated rings. The van der Waals surface area contributed by atoms with Crippen LogP contribution in [0.5, 0.6) is 11.5 Å². The van der Waals surface area contributed by atoms with Gasteiger partial charge in [-0.3, -0.25) is 62.3 Å². The molecule has 1 aromatic heterocycles. The summed E-state index contributed by atoms with van der Waals surface area (Å²) >= 11 is 2.68. The van der Waals surface area contributed by atoms with E-state index >= 15 is 0 Å². The van der Waals surface area contributed by atoms with Gasteiger partial charge in [0.15, 0.2) is 0 Å². The molecule has 4 aromatic carbocycles. The molecule has 0 saturated carbocycles. The first-order valence-corrected chi connectivity index (χ1v) is 39.6. The fourth-order valence-corrected chi connectivity index (χ4v) is 14.3. The Hall–Kier alpha value is -10.5. The lowest BCUT2D eigenvalue weighted by atomic mass is 9.85. The number of amides is 12. The number of aliphatic hydroxyl groups is 2. The van der Waals surface area contributed by atoms with Crippen LogP contribution in [0.2, 0.25) is 0 Å². The normalized spacial score (nSPS) is 24.9. The smallest absolute Gasteiger partial charge is 0.303 e. The van der Waals surface area contributed by atoms with Crippen LogP contribution in [0.1, 0.15) is 128 Å². The number of nitrogens with zero attached hydrogens (tertiary/aromatic N) is 2. The number of hydrogen-bond donors (Lipinski definition) is 19. The van der Waals surface area contributed by atoms with Gasteiger partial charge in [0.2, 0.25) is 70.9 Å². The number of phenols is 2. The van der Waals surface area contributed by atoms with Crippen molar-refractivity contribution in [1.82, 2.24) is 79.4 Å². The molecule has 7 rings (SSSR count). The SMILES string of the molecule is CCC[C@@H]1NC(=O)[C@H](Cc2ccc3nonc3c2)NC(=O)[C@H]([C@@H](C)O)NC(=O)[C@H](CC2CNCN2)NC(=O)[C@H](Cc2ccc(O)cc2)NC(=O)[C@H](C(C)(C)C)NC(=O)CCSCc2cccc(c2)CSC[C@@H](C(N)=O)NC(=O)[C@H]([C@@H](C)O)NC(=O)[C@H](CCC)NC(=O)[C@H](Cc2ccc(O)cc2)NC(=O)[C@H](CCC(=O)O)NC1=O. The minimum atomic E-state index is -1.89. The Kier molecular flexibility index (Phi) is 34.6. The molecule has 2 bridgehead atoms. The molecule has 614 valence electrons. The van der Waals surface area contributed by atoms with Crippen molar-refractivity contribution >= 4 is 111 Å². The van der Waals surface area contributed by atoms with Crippen molar-refractivity contribution in [2.24, 2.45) is 11.1 Å². The number of rotatable bonds is 18. The predicted octanol–water partition coefficient (Wildman–Crippen LogP) is -0.768. The van der Waals surface area contributed by atoms with Crippen LogP contribution in [0.25, 0.3) is 11.0 Å². The lowest BCUT2D eigenvalue weighted by molar-refractivity contribution is -0.139. The number of aromatic nitrogens is 2. The number of carboxylic acid groups (broad SMARTS) is 1. The molecule has 14 atom stereocenters. The third-order valence-electron chi connectivity index (χ3n) is 18.7. The molecule has 1 unspecified atom stereocenters. The van der Waals surface area contributed by atoms with Crippen molar-refractivity contribution < 1.29 is 92.5 Å². The molecule has 1 saturated heterocycles. The number of benzene rings is 4. The molecule has 37 heteroatoms. The van der Waals surface area contributed by atoms with Gasteiger partial charge in [-0.05, 0) is 119 Å². The molecule has 2 aliphatic heterocycles. The van der Waals surface area contributed by atoms with Crippen LogP contribution < -0.4 is 74.9 Å². The number of aromatic hydroxyl groups is 2. The van der Waals surface area contributed by atoms with Crippen molar-refractivity contribution in [2.45, 2.75) is 215 Å². The number of carbonyl (C=O) groups excluding carboxylic acids is 12. The Bertz CT molecular complexity index is 4120. The van der Waals surface area contributed by atoms with E-state index in [9.17, 15) is 87.9 Å². The van der Waals surface area contributed by atoms with Crippen molar-refractivity contribution in [3.63, 3.8) is 0 Å². The van der Waals surface area contributed by atoms with Gasteiger partial charge in [-0.15, -0.1) is 0 Å². The van der Waals surface area contributed by atoms with E-state index in [1.165, 1.54) is 98.0 Å². The molecule has 0 spiro atoms. The number of hydrogen-bond acceptors (Lipinski definition) is 24. The van der Waals surface area contributed by atoms with Gasteiger partial charge in [-0.2, -0.15) is 23.5 Å². The second kappa shape index (κ2) is 43.5. The van der Waals surface area contributed by atoms with Crippen LogP contribution in [0.4, 0.5) is 0 Å². The Morgan fingerprint density at radius 3 is 1.47 bits per heavy atom. The minimum Gasteiger partial charge on any atom is -0.508 e. The lowest BCUT2D eigenvalue weighted by Crippen LogP contribution is -2.63. The van der Waals surface area contributed by atoms with E-state index in [1.807, 2.05) is 24.3 Å². The van der Waals surface area contributed by atoms with Gasteiger partial charge in [-0.1, -0.05) is 102 Å². The molecule has 20 N–H and O–H groups in total. The van der Waals surface area contributed by atoms with E-state index in [2.05, 4.69) is 79.4 Å². The summed E-state index contributed by atoms with van der Waals surface area (Å²) in [4.78, 5) is 186. The summed E-state index contributed by atoms with van der Waals surface area (Å²) in [6, 6.07) is 5.57. The summed E-state index contributed by atoms with van der Waals surface area (Å²) in [5, 5.41) is 95.6. The maximum Gasteiger partial charge on any atom is 0.303 e. The summed E-state index contributed by atoms with van der Waals surface area (Å²) in [7, 11) is 0. The predicted molar refractivity (Wildman–Crippen MR) is 417 cm³/mol. The highest BCUT2D eigenvalue weighted by atomic mass is 32.2. The van der Waals surface area contributed by atoms with Crippen LogP contribution in [-0.4, -0.2) is 222 Å². The van der Waals surface area contributed by atoms with Gasteiger partial charge < -0.3 is 100 Å². The topological polar surface area (TPSA) is 544 Å². The van der Waals surface area contributed by atoms with Gasteiger partial charge >= 0.3 is 5.97 Å². The maximum atomic E-state index is 15.0. The fourth-order valence-electron chi connectivity index (χ4n) is 12.4. The Morgan fingerprint density at radius 1 is 0.531 bits per heavy atom. The van der Waals surface area contributed by atoms with Crippen LogP contribution in [0, 0.1) is 5.41 Å². The molecular formula is C76H104N16O19S2. The zero-order valence-electron chi connectivity index (χ0n) is 64.0. The molecule has 2 aliphatic rings. The van der Waals surface area contributed by atoms with Gasteiger partial charge in [0.1, 0.15) is 89.0 Å². The van der Waals surface area contributed by atoms with Crippen molar-refractivity contribution in [2.75, 3.05) is 24.7 Å². The number of aliphatic carboxylic acids is 1. The summed E-state index contributed by atoms with van der Waals surface area (Å²) < 4.78 is 4.89. The summed E-state index contributed by atoms with van der Waals surface area (Å²) in [6.07, 6.45) is -5.53. The largest absolute Gasteiger partial charge is 0.508 e. The van der Waals surface area contributed by atoms with Crippen molar-refractivity contribution in [3.8, 4) is 11.5 Å². The first kappa shape index (κ1) is 89.7. The number of thioether (sulfide) groups is 2. The molecule has 3 heterocycles. The monoisotopic (exact) mass is 1610 g/mol. The van der Waals surface area contributed by atoms with Gasteiger partial charge in [-0.25, -0.2) is 4.63 Å². The number of fused-ring (bicyclic) bond motifs is 3. The molecule has 5 aromatic rings. The summed E-state index contributed by atoms with van der Waals surface area (Å²) in [5.74, 6) is -12.0. The number of aliphatic hydroxyl groups excluding tert-OH is 2. The van der Waals surface area contributed by atoms with E-state index in [0.717, 1.165) is 11.1 Å². The zero-order valence-corrected chi connectivity index (χ0v) is 65.6. The van der Waals surface area contributed by atoms with E-state index < -0.39 is 180 Å². The zero-order chi connectivity index (χ0) is 82.6. The number of phenolic OH excluding ortho intramolecular Hbond substituents is 2. The van der Waals surface area contributed by atoms with Gasteiger partial charge in [0, 0.05) is 74.4 Å². The summed E-state index contributed by atoms with van der Waals surface area (Å²) in [6.45, 7) is 11.5. The molecule has 0 radical (unpaired) electrons. The van der Waals surface area contributed by atoms with Crippen LogP contribution in [-0.2, 0) is 93.1 Å². The number of nitrogens with one attached hydrogen (secondary N) is 13. The second-order valence-electron chi connectivity index (χ2n) is 29.2. The second-order valence-corrected chi connectivity index (χ2v) is 31.3. The van der Waals surface area contributed by atoms with Crippen molar-refractivity contribution in [3.05, 3.63) is 119 Å². The number of carbonyl (C=O) groups is 13. The van der Waals surface area contributed by atoms with Crippen molar-refractivity contribution in [1.29, 1.82) is 0 Å². The van der Waals surface area contributed by atoms with E-state index in [0.29, 0.717) is 52.7 Å². The van der Waals surface area contributed by atoms with E-state index in [1.54, 1.807) is 40.7 Å². The average Bonchev–Trinajstić information content (AvgIpc) is 1.74. The van der Waals surface area contributed by atoms with Gasteiger partial charge in [0.25, 0.3) is 0 Å². The Labute approximate surface area is 661 Å². The third-order valence-corrected chi connectivity index (χ3v) is 20.8. The molecular weight excluding hydrogens is 1510 g/mol. The fraction of sp³-hybridized carbons (Fsp3) is 0.513. The highest BCUT2D eigenvalue weighted by molar-refractivity contribution is 7.98. The van der Waals surface area contributed by atoms with Crippen LogP contribution in [0.3, 0.4) is 0 Å². The molecule has 0 aliphatic carbocycles. The van der Waals surface area contributed by atoms with Crippen LogP contribution >= 0.6 is 23.5 Å². The number of nitrogens with two attached hydrogens (primary N) is 1. The molecule has 35 nitrogen and oxygen atoms in total. The van der Waals surface area contributed by atoms with E-state index in [-0.39, 0.29) is 80.6 Å². The lowest BCUT2D eigenvalue weighted by Gasteiger charge is -2.32. The summed E-state index contributed by atoms with van der Waals surface area (Å²) in [5.41, 5.74) is 8.25. The third kappa shape index (κ3) is 28.6. The Balaban J connectivity index is 1.24. The minimum absolute atomic E-state index is 0.0348. The number of primary amides is 1. The van der Waals surface area contributed by atoms with E-state index in [4.69, 9.17) is 10.4 Å². The molecule has 12 amide bonds. The maximum absolute atomic E-state index is 15.0. The van der Waals surface area contributed by atoms with Gasteiger partial charge in [0.05, 0.1) is 12.2 Å². The highest BCUT2D eigenvalue weighted by Crippen LogP contribution is 2.24. The molecule has 113 heavy (non-hydrogen) atoms. The average molecular weight is 1610 g/mol. The Morgan fingerprint density at radius 2 is 0.973 bits per heavy atom. The standard InChI is InChI=1S/C76H104N16O19S2/c1-8-11-51-66(101)82-53(25-26-61(98)99)67(102)83-55(30-42-15-20-48(95)21-16-42)69(104)81-52(12-9-2)68(103)89-63(41(4)94)74(109)87-59(65(77)100)38-113-37-46-14-10-13-45(29-46)36-112-28-27-60(97)88-64(76(5,6)7)75(110)86-56(31-43-17-22-49(96)23-18-43)71(106)84-58(34-47-35-78-39-79-47)72(107)90-62(40(3)93)73(108)85-57(70(105)80-51)33-44-19-24-50-54(32-44)92-111-91-50/h10,13-24,29,32,40-41,47,51-53,55-59,62-64,78-79,93-96H,8-9,11-12,25-28,30-31,33-39H2,1-7H3,(H2,77,100)(H,80,105)(H,81,104)(H,82,101)(H,83,102)(H,84,106)(H,85,108)(H,86,110)(H,87,109)(H,88,97)(H,89,103)(H,90,107)(H,98,99)/t40-,41-,47?,51+,52+,53+,55+,56+,57+,58+,59+,62+,63+,64-/m1/s1. The number of carboxylic acids is 1. The highest BCUT2D eigenvalue weighted by Gasteiger charge is 2.41. The first-order chi connectivity index (χ1) is 53.7. The first-order valence-electron chi connectivity index (χ1n) is 37.3.